The van der Waals surface area contributed by atoms with E-state index in [-0.39, 0.29) is 25.7 Å². The van der Waals surface area contributed by atoms with Crippen LogP contribution >= 0.6 is 15.6 Å². The van der Waals surface area contributed by atoms with Gasteiger partial charge in [-0.3, -0.25) is 37.3 Å². The number of unbranched alkanes of at least 4 members (excludes halogenated alkanes) is 30. The van der Waals surface area contributed by atoms with Gasteiger partial charge in [-0.2, -0.15) is 0 Å². The Morgan fingerprint density at radius 3 is 0.816 bits per heavy atom. The molecule has 0 rings (SSSR count). The maximum atomic E-state index is 13.0. The smallest absolute Gasteiger partial charge is 0.462 e. The highest BCUT2D eigenvalue weighted by molar-refractivity contribution is 7.47. The Kier molecular flexibility index (Phi) is 56.6. The lowest BCUT2D eigenvalue weighted by Crippen LogP contribution is -2.30. The molecule has 6 atom stereocenters. The number of aliphatic hydroxyl groups is 1. The number of phosphoric ester groups is 2. The lowest BCUT2D eigenvalue weighted by molar-refractivity contribution is -0.161. The summed E-state index contributed by atoms with van der Waals surface area (Å²) in [6, 6.07) is 0. The fourth-order valence-corrected chi connectivity index (χ4v) is 11.7. The van der Waals surface area contributed by atoms with Crippen molar-refractivity contribution < 1.29 is 80.2 Å². The van der Waals surface area contributed by atoms with Crippen molar-refractivity contribution >= 4 is 39.5 Å². The van der Waals surface area contributed by atoms with Crippen molar-refractivity contribution in [3.8, 4) is 0 Å². The van der Waals surface area contributed by atoms with Crippen LogP contribution in [0.1, 0.15) is 331 Å². The molecule has 3 N–H and O–H groups in total. The zero-order chi connectivity index (χ0) is 64.7. The minimum Gasteiger partial charge on any atom is -0.462 e. The van der Waals surface area contributed by atoms with Gasteiger partial charge in [-0.15, -0.1) is 0 Å². The molecule has 87 heavy (non-hydrogen) atoms. The highest BCUT2D eigenvalue weighted by Crippen LogP contribution is 2.45. The molecule has 516 valence electrons. The molecule has 19 heteroatoms. The number of ether oxygens (including phenoxy) is 4. The number of carbonyl (C=O) groups excluding carboxylic acids is 4. The number of rotatable bonds is 65. The van der Waals surface area contributed by atoms with Crippen LogP contribution < -0.4 is 0 Å². The predicted octanol–water partition coefficient (Wildman–Crippen LogP) is 18.9. The van der Waals surface area contributed by atoms with Crippen molar-refractivity contribution in [1.82, 2.24) is 0 Å². The largest absolute Gasteiger partial charge is 0.472 e. The maximum Gasteiger partial charge on any atom is 0.472 e. The van der Waals surface area contributed by atoms with Crippen LogP contribution in [0.5, 0.6) is 0 Å². The van der Waals surface area contributed by atoms with E-state index >= 15 is 0 Å². The van der Waals surface area contributed by atoms with E-state index in [0.29, 0.717) is 37.5 Å². The van der Waals surface area contributed by atoms with Crippen molar-refractivity contribution in [2.45, 2.75) is 350 Å². The highest BCUT2D eigenvalue weighted by atomic mass is 31.2. The number of esters is 4. The van der Waals surface area contributed by atoms with E-state index in [9.17, 15) is 43.2 Å². The van der Waals surface area contributed by atoms with Gasteiger partial charge < -0.3 is 33.8 Å². The van der Waals surface area contributed by atoms with E-state index in [2.05, 4.69) is 55.4 Å². The Bertz CT molecular complexity index is 1730. The Balaban J connectivity index is 5.17. The maximum absolute atomic E-state index is 13.0. The van der Waals surface area contributed by atoms with Crippen LogP contribution in [0.3, 0.4) is 0 Å². The molecule has 0 saturated carbocycles. The van der Waals surface area contributed by atoms with E-state index < -0.39 is 97.5 Å². The quantitative estimate of drug-likeness (QED) is 0.0222. The number of aliphatic hydroxyl groups excluding tert-OH is 1. The summed E-state index contributed by atoms with van der Waals surface area (Å²) < 4.78 is 68.1. The second-order valence-corrected chi connectivity index (χ2v) is 29.1. The minimum atomic E-state index is -4.95. The van der Waals surface area contributed by atoms with Crippen LogP contribution in [-0.2, 0) is 65.4 Å². The van der Waals surface area contributed by atoms with Gasteiger partial charge in [0, 0.05) is 25.7 Å². The zero-order valence-corrected chi connectivity index (χ0v) is 58.4. The summed E-state index contributed by atoms with van der Waals surface area (Å²) in [5.41, 5.74) is 0. The van der Waals surface area contributed by atoms with Gasteiger partial charge in [0.15, 0.2) is 12.2 Å². The Hall–Kier alpha value is -1.94. The van der Waals surface area contributed by atoms with Crippen molar-refractivity contribution in [1.29, 1.82) is 0 Å². The predicted molar refractivity (Wildman–Crippen MR) is 349 cm³/mol. The Morgan fingerprint density at radius 2 is 0.552 bits per heavy atom. The Labute approximate surface area is 530 Å². The van der Waals surface area contributed by atoms with Gasteiger partial charge in [0.25, 0.3) is 0 Å². The van der Waals surface area contributed by atoms with Crippen LogP contribution in [0.4, 0.5) is 0 Å². The molecule has 0 aromatic heterocycles. The molecule has 0 spiro atoms. The summed E-state index contributed by atoms with van der Waals surface area (Å²) in [7, 11) is -9.89. The summed E-state index contributed by atoms with van der Waals surface area (Å²) in [6.07, 6.45) is 39.3. The molecule has 0 aromatic rings. The fourth-order valence-electron chi connectivity index (χ4n) is 10.1. The van der Waals surface area contributed by atoms with E-state index in [1.807, 2.05) is 0 Å². The summed E-state index contributed by atoms with van der Waals surface area (Å²) in [6.45, 7) is 14.0. The highest BCUT2D eigenvalue weighted by Gasteiger charge is 2.30. The van der Waals surface area contributed by atoms with E-state index in [1.165, 1.54) is 128 Å². The van der Waals surface area contributed by atoms with Crippen molar-refractivity contribution in [2.24, 2.45) is 23.7 Å². The molecule has 0 radical (unpaired) electrons. The molecule has 0 fully saturated rings. The molecular formula is C68H132O17P2. The van der Waals surface area contributed by atoms with E-state index in [0.717, 1.165) is 108 Å². The van der Waals surface area contributed by atoms with Gasteiger partial charge in [0.1, 0.15) is 19.3 Å². The van der Waals surface area contributed by atoms with Crippen molar-refractivity contribution in [3.05, 3.63) is 0 Å². The summed E-state index contributed by atoms with van der Waals surface area (Å²) >= 11 is 0. The number of hydrogen-bond acceptors (Lipinski definition) is 15. The SMILES string of the molecule is CCC(C)CCCCCCCCC(=O)O[C@H](COC(=O)CCCCCCCCCCCCCCCCCC(C)C)COP(=O)(O)OCC(O)COP(=O)(O)OC[C@@H](COC(=O)CCCCCCCCCC(C)C)OC(=O)CCCCCCCCC(C)C. The lowest BCUT2D eigenvalue weighted by atomic mass is 10.00. The number of carbonyl (C=O) groups is 4. The van der Waals surface area contributed by atoms with Gasteiger partial charge in [-0.25, -0.2) is 9.13 Å². The van der Waals surface area contributed by atoms with Gasteiger partial charge in [0.2, 0.25) is 0 Å². The average molecular weight is 1280 g/mol. The third-order valence-corrected chi connectivity index (χ3v) is 17.8. The first-order chi connectivity index (χ1) is 41.6. The standard InChI is InChI=1S/C68H132O17P2/c1-9-61(8)47-39-31-25-27-35-43-51-68(73)85-64(54-78-65(70)48-40-32-22-18-16-14-12-10-11-13-15-17-20-28-36-44-58(2)3)57-83-87(76,77)81-53-62(69)52-80-86(74,75)82-56-63(84-67(72)50-42-34-26-24-30-38-46-60(6)7)55-79-66(71)49-41-33-23-19-21-29-37-45-59(4)5/h58-64,69H,9-57H2,1-8H3,(H,74,75)(H,76,77)/t61?,62?,63-,64-/m1/s1. The second kappa shape index (κ2) is 57.9. The number of phosphoric acid groups is 2. The van der Waals surface area contributed by atoms with Gasteiger partial charge >= 0.3 is 39.5 Å². The Morgan fingerprint density at radius 1 is 0.322 bits per heavy atom. The van der Waals surface area contributed by atoms with Crippen LogP contribution in [-0.4, -0.2) is 96.7 Å². The average Bonchev–Trinajstić information content (AvgIpc) is 3.69. The van der Waals surface area contributed by atoms with Crippen LogP contribution in [0.2, 0.25) is 0 Å². The second-order valence-electron chi connectivity index (χ2n) is 26.2. The molecule has 0 aliphatic heterocycles. The zero-order valence-electron chi connectivity index (χ0n) is 56.6. The molecule has 0 bridgehead atoms. The molecule has 0 aliphatic carbocycles. The monoisotopic (exact) mass is 1280 g/mol. The first-order valence-corrected chi connectivity index (χ1v) is 38.2. The summed E-state index contributed by atoms with van der Waals surface area (Å²) in [5.74, 6) is 0.761. The van der Waals surface area contributed by atoms with E-state index in [4.69, 9.17) is 37.0 Å². The summed E-state index contributed by atoms with van der Waals surface area (Å²) in [5, 5.41) is 10.6. The van der Waals surface area contributed by atoms with E-state index in [1.54, 1.807) is 0 Å². The first-order valence-electron chi connectivity index (χ1n) is 35.2. The van der Waals surface area contributed by atoms with Crippen molar-refractivity contribution in [3.63, 3.8) is 0 Å². The molecule has 0 aromatic carbocycles. The molecule has 0 saturated heterocycles. The van der Waals surface area contributed by atoms with Gasteiger partial charge in [-0.1, -0.05) is 280 Å². The fraction of sp³-hybridized carbons (Fsp3) is 0.941. The van der Waals surface area contributed by atoms with Crippen molar-refractivity contribution in [2.75, 3.05) is 39.6 Å². The molecule has 4 unspecified atom stereocenters. The topological polar surface area (TPSA) is 237 Å². The molecule has 0 amide bonds. The molecular weight excluding hydrogens is 1150 g/mol. The number of hydrogen-bond donors (Lipinski definition) is 3. The summed E-state index contributed by atoms with van der Waals surface area (Å²) in [4.78, 5) is 72.3. The molecule has 0 aliphatic rings. The first kappa shape index (κ1) is 85.1. The van der Waals surface area contributed by atoms with Gasteiger partial charge in [-0.05, 0) is 49.4 Å². The minimum absolute atomic E-state index is 0.101. The van der Waals surface area contributed by atoms with Crippen LogP contribution in [0.25, 0.3) is 0 Å². The third-order valence-electron chi connectivity index (χ3n) is 15.9. The normalized spacial score (nSPS) is 14.6. The van der Waals surface area contributed by atoms with Crippen LogP contribution in [0.15, 0.2) is 0 Å². The molecule has 17 nitrogen and oxygen atoms in total. The van der Waals surface area contributed by atoms with Crippen LogP contribution in [0, 0.1) is 23.7 Å². The third kappa shape index (κ3) is 61.3. The molecule has 0 heterocycles. The lowest BCUT2D eigenvalue weighted by Gasteiger charge is -2.21. The van der Waals surface area contributed by atoms with Gasteiger partial charge in [0.05, 0.1) is 26.4 Å².